The molecule has 1 unspecified atom stereocenters. The van der Waals surface area contributed by atoms with E-state index in [1.807, 2.05) is 30.3 Å². The Bertz CT molecular complexity index is 811. The maximum Gasteiger partial charge on any atom is 0.348 e. The van der Waals surface area contributed by atoms with Crippen molar-refractivity contribution >= 4 is 15.9 Å². The summed E-state index contributed by atoms with van der Waals surface area (Å²) in [5.74, 6) is 0.254. The largest absolute Gasteiger partial charge is 0.380 e. The van der Waals surface area contributed by atoms with Gasteiger partial charge in [0.25, 0.3) is 0 Å². The van der Waals surface area contributed by atoms with Gasteiger partial charge >= 0.3 is 5.69 Å². The van der Waals surface area contributed by atoms with Gasteiger partial charge in [-0.1, -0.05) is 52.3 Å². The van der Waals surface area contributed by atoms with Crippen molar-refractivity contribution in [1.82, 2.24) is 14.8 Å². The molecule has 0 amide bonds. The first-order valence-electron chi connectivity index (χ1n) is 6.33. The molecule has 0 saturated carbocycles. The fourth-order valence-electron chi connectivity index (χ4n) is 2.14. The van der Waals surface area contributed by atoms with E-state index in [0.717, 1.165) is 4.47 Å². The second-order valence-corrected chi connectivity index (χ2v) is 5.43. The Hall–Kier alpha value is -2.18. The number of H-pyrrole nitrogens is 1. The average molecular weight is 346 g/mol. The molecule has 3 aromatic rings. The van der Waals surface area contributed by atoms with Crippen LogP contribution in [0.4, 0.5) is 0 Å². The molecule has 0 bridgehead atoms. The summed E-state index contributed by atoms with van der Waals surface area (Å²) in [5.41, 5.74) is 0.916. The van der Waals surface area contributed by atoms with Gasteiger partial charge in [0.1, 0.15) is 6.10 Å². The van der Waals surface area contributed by atoms with E-state index in [0.29, 0.717) is 11.3 Å². The van der Waals surface area contributed by atoms with Crippen molar-refractivity contribution in [3.63, 3.8) is 0 Å². The molecule has 6 heteroatoms. The summed E-state index contributed by atoms with van der Waals surface area (Å²) >= 11 is 3.37. The number of halogens is 1. The Kier molecular flexibility index (Phi) is 3.72. The highest BCUT2D eigenvalue weighted by molar-refractivity contribution is 9.10. The number of rotatable bonds is 3. The Labute approximate surface area is 129 Å². The van der Waals surface area contributed by atoms with Crippen molar-refractivity contribution < 1.29 is 5.11 Å². The summed E-state index contributed by atoms with van der Waals surface area (Å²) < 4.78 is 2.20. The predicted octanol–water partition coefficient (Wildman–Crippen LogP) is 2.40. The molecular weight excluding hydrogens is 334 g/mol. The highest BCUT2D eigenvalue weighted by Crippen LogP contribution is 2.22. The molecule has 0 radical (unpaired) electrons. The Morgan fingerprint density at radius 2 is 1.90 bits per heavy atom. The molecule has 21 heavy (non-hydrogen) atoms. The molecule has 0 saturated heterocycles. The zero-order chi connectivity index (χ0) is 14.8. The molecule has 5 nitrogen and oxygen atoms in total. The van der Waals surface area contributed by atoms with Crippen LogP contribution < -0.4 is 5.69 Å². The SMILES string of the molecule is O=c1[nH]nc(C(O)c2ccccc2)n1-c1cccc(Br)c1. The van der Waals surface area contributed by atoms with Gasteiger partial charge in [-0.05, 0) is 23.8 Å². The standard InChI is InChI=1S/C15H12BrN3O2/c16-11-7-4-8-12(9-11)19-14(17-18-15(19)21)13(20)10-5-2-1-3-6-10/h1-9,13,20H,(H,18,21). The third-order valence-electron chi connectivity index (χ3n) is 3.12. The van der Waals surface area contributed by atoms with E-state index in [-0.39, 0.29) is 5.82 Å². The summed E-state index contributed by atoms with van der Waals surface area (Å²) in [6.45, 7) is 0. The van der Waals surface area contributed by atoms with Crippen LogP contribution in [0.15, 0.2) is 63.9 Å². The van der Waals surface area contributed by atoms with E-state index in [9.17, 15) is 9.90 Å². The molecule has 3 rings (SSSR count). The lowest BCUT2D eigenvalue weighted by molar-refractivity contribution is 0.207. The van der Waals surface area contributed by atoms with Crippen LogP contribution in [0.1, 0.15) is 17.5 Å². The minimum atomic E-state index is -0.982. The normalized spacial score (nSPS) is 12.3. The van der Waals surface area contributed by atoms with Gasteiger partial charge in [-0.3, -0.25) is 0 Å². The topological polar surface area (TPSA) is 70.9 Å². The molecule has 2 aromatic carbocycles. The van der Waals surface area contributed by atoms with E-state index in [1.54, 1.807) is 24.3 Å². The zero-order valence-electron chi connectivity index (χ0n) is 10.9. The van der Waals surface area contributed by atoms with Crippen LogP contribution in [0.25, 0.3) is 5.69 Å². The van der Waals surface area contributed by atoms with Gasteiger partial charge < -0.3 is 5.11 Å². The maximum atomic E-state index is 12.0. The number of nitrogens with zero attached hydrogens (tertiary/aromatic N) is 2. The van der Waals surface area contributed by atoms with Crippen LogP contribution in [0.5, 0.6) is 0 Å². The molecule has 0 aliphatic carbocycles. The van der Waals surface area contributed by atoms with E-state index < -0.39 is 11.8 Å². The van der Waals surface area contributed by atoms with Crippen molar-refractivity contribution in [1.29, 1.82) is 0 Å². The molecule has 1 aromatic heterocycles. The Balaban J connectivity index is 2.12. The van der Waals surface area contributed by atoms with Gasteiger partial charge in [0.05, 0.1) is 5.69 Å². The van der Waals surface area contributed by atoms with Gasteiger partial charge in [-0.2, -0.15) is 5.10 Å². The quantitative estimate of drug-likeness (QED) is 0.765. The minimum absolute atomic E-state index is 0.254. The molecule has 106 valence electrons. The van der Waals surface area contributed by atoms with Gasteiger partial charge in [-0.15, -0.1) is 0 Å². The van der Waals surface area contributed by atoms with E-state index >= 15 is 0 Å². The maximum absolute atomic E-state index is 12.0. The smallest absolute Gasteiger partial charge is 0.348 e. The summed E-state index contributed by atoms with van der Waals surface area (Å²) in [6, 6.07) is 16.3. The van der Waals surface area contributed by atoms with Crippen molar-refractivity contribution in [3.05, 3.63) is 80.9 Å². The van der Waals surface area contributed by atoms with Crippen molar-refractivity contribution in [2.75, 3.05) is 0 Å². The lowest BCUT2D eigenvalue weighted by atomic mass is 10.1. The first-order valence-corrected chi connectivity index (χ1v) is 7.12. The third-order valence-corrected chi connectivity index (χ3v) is 3.62. The van der Waals surface area contributed by atoms with Crippen molar-refractivity contribution in [2.24, 2.45) is 0 Å². The second kappa shape index (κ2) is 5.67. The van der Waals surface area contributed by atoms with Crippen LogP contribution in [-0.2, 0) is 0 Å². The highest BCUT2D eigenvalue weighted by Gasteiger charge is 2.20. The number of aliphatic hydroxyl groups excluding tert-OH is 1. The van der Waals surface area contributed by atoms with Crippen molar-refractivity contribution in [3.8, 4) is 5.69 Å². The molecule has 0 fully saturated rings. The van der Waals surface area contributed by atoms with Gasteiger partial charge in [0.2, 0.25) is 0 Å². The van der Waals surface area contributed by atoms with Crippen LogP contribution in [-0.4, -0.2) is 19.9 Å². The number of benzene rings is 2. The highest BCUT2D eigenvalue weighted by atomic mass is 79.9. The zero-order valence-corrected chi connectivity index (χ0v) is 12.5. The summed E-state index contributed by atoms with van der Waals surface area (Å²) in [5, 5.41) is 16.8. The number of aromatic amines is 1. The predicted molar refractivity (Wildman–Crippen MR) is 82.4 cm³/mol. The van der Waals surface area contributed by atoms with E-state index in [2.05, 4.69) is 26.1 Å². The first kappa shape index (κ1) is 13.8. The molecule has 0 spiro atoms. The van der Waals surface area contributed by atoms with Crippen molar-refractivity contribution in [2.45, 2.75) is 6.10 Å². The van der Waals surface area contributed by atoms with E-state index in [1.165, 1.54) is 4.57 Å². The molecule has 1 heterocycles. The minimum Gasteiger partial charge on any atom is -0.380 e. The fraction of sp³-hybridized carbons (Fsp3) is 0.0667. The molecule has 0 aliphatic rings. The molecule has 1 atom stereocenters. The van der Waals surface area contributed by atoms with Gasteiger partial charge in [0.15, 0.2) is 5.82 Å². The molecular formula is C15H12BrN3O2. The first-order chi connectivity index (χ1) is 10.2. The van der Waals surface area contributed by atoms with Crippen LogP contribution in [0.3, 0.4) is 0 Å². The molecule has 0 aliphatic heterocycles. The van der Waals surface area contributed by atoms with Crippen LogP contribution in [0.2, 0.25) is 0 Å². The number of hydrogen-bond donors (Lipinski definition) is 2. The summed E-state index contributed by atoms with van der Waals surface area (Å²) in [6.07, 6.45) is -0.982. The fourth-order valence-corrected chi connectivity index (χ4v) is 2.53. The lowest BCUT2D eigenvalue weighted by Crippen LogP contribution is -2.19. The van der Waals surface area contributed by atoms with E-state index in [4.69, 9.17) is 0 Å². The van der Waals surface area contributed by atoms with Crippen LogP contribution >= 0.6 is 15.9 Å². The molecule has 2 N–H and O–H groups in total. The lowest BCUT2D eigenvalue weighted by Gasteiger charge is -2.12. The summed E-state index contributed by atoms with van der Waals surface area (Å²) in [4.78, 5) is 12.0. The third kappa shape index (κ3) is 2.68. The second-order valence-electron chi connectivity index (χ2n) is 4.52. The number of nitrogens with one attached hydrogen (secondary N) is 1. The number of aliphatic hydroxyl groups is 1. The number of aromatic nitrogens is 3. The summed E-state index contributed by atoms with van der Waals surface area (Å²) in [7, 11) is 0. The Morgan fingerprint density at radius 3 is 2.62 bits per heavy atom. The Morgan fingerprint density at radius 1 is 1.14 bits per heavy atom. The van der Waals surface area contributed by atoms with Gasteiger partial charge in [0, 0.05) is 4.47 Å². The van der Waals surface area contributed by atoms with Crippen LogP contribution in [0, 0.1) is 0 Å². The number of hydrogen-bond acceptors (Lipinski definition) is 3. The van der Waals surface area contributed by atoms with Gasteiger partial charge in [-0.25, -0.2) is 14.5 Å². The monoisotopic (exact) mass is 345 g/mol. The average Bonchev–Trinajstić information content (AvgIpc) is 2.89.